The first kappa shape index (κ1) is 15.3. The summed E-state index contributed by atoms with van der Waals surface area (Å²) in [4.78, 5) is 28.0. The fourth-order valence-corrected chi connectivity index (χ4v) is 3.02. The molecular weight excluding hydrogens is 256 g/mol. The van der Waals surface area contributed by atoms with Crippen molar-refractivity contribution in [3.8, 4) is 0 Å². The van der Waals surface area contributed by atoms with E-state index in [1.807, 2.05) is 18.7 Å². The molecule has 2 fully saturated rings. The summed E-state index contributed by atoms with van der Waals surface area (Å²) in [5.74, 6) is 0.321. The second-order valence-corrected chi connectivity index (χ2v) is 6.12. The Morgan fingerprint density at radius 1 is 1.10 bits per heavy atom. The molecule has 0 spiro atoms. The molecule has 0 aliphatic carbocycles. The SMILES string of the molecule is CC(C)OC(=O)CN1CCC(C(=O)N2CCCC2)CC1. The van der Waals surface area contributed by atoms with Crippen molar-refractivity contribution < 1.29 is 14.3 Å². The number of piperidine rings is 1. The first-order valence-corrected chi connectivity index (χ1v) is 7.77. The van der Waals surface area contributed by atoms with E-state index in [0.717, 1.165) is 51.9 Å². The highest BCUT2D eigenvalue weighted by atomic mass is 16.5. The van der Waals surface area contributed by atoms with E-state index in [9.17, 15) is 9.59 Å². The van der Waals surface area contributed by atoms with E-state index in [1.165, 1.54) is 0 Å². The van der Waals surface area contributed by atoms with Crippen molar-refractivity contribution in [2.75, 3.05) is 32.7 Å². The third kappa shape index (κ3) is 4.20. The van der Waals surface area contributed by atoms with Crippen LogP contribution < -0.4 is 0 Å². The predicted octanol–water partition coefficient (Wildman–Crippen LogP) is 1.27. The fourth-order valence-electron chi connectivity index (χ4n) is 3.02. The van der Waals surface area contributed by atoms with Gasteiger partial charge in [-0.3, -0.25) is 14.5 Å². The van der Waals surface area contributed by atoms with Gasteiger partial charge in [0, 0.05) is 19.0 Å². The topological polar surface area (TPSA) is 49.9 Å². The molecule has 2 aliphatic heterocycles. The first-order valence-electron chi connectivity index (χ1n) is 7.77. The Bertz CT molecular complexity index is 343. The molecule has 0 aromatic heterocycles. The molecule has 0 radical (unpaired) electrons. The van der Waals surface area contributed by atoms with Gasteiger partial charge in [0.05, 0.1) is 12.6 Å². The van der Waals surface area contributed by atoms with Crippen LogP contribution in [0.4, 0.5) is 0 Å². The summed E-state index contributed by atoms with van der Waals surface area (Å²) < 4.78 is 5.15. The lowest BCUT2D eigenvalue weighted by Gasteiger charge is -2.32. The third-order valence-corrected chi connectivity index (χ3v) is 4.07. The molecule has 0 atom stereocenters. The standard InChI is InChI=1S/C15H26N2O3/c1-12(2)20-14(18)11-16-9-5-13(6-10-16)15(19)17-7-3-4-8-17/h12-13H,3-11H2,1-2H3. The quantitative estimate of drug-likeness (QED) is 0.729. The summed E-state index contributed by atoms with van der Waals surface area (Å²) in [5.41, 5.74) is 0. The monoisotopic (exact) mass is 282 g/mol. The van der Waals surface area contributed by atoms with Crippen molar-refractivity contribution in [1.29, 1.82) is 0 Å². The molecule has 2 saturated heterocycles. The van der Waals surface area contributed by atoms with Gasteiger partial charge >= 0.3 is 5.97 Å². The van der Waals surface area contributed by atoms with Gasteiger partial charge in [-0.25, -0.2) is 0 Å². The van der Waals surface area contributed by atoms with Gasteiger partial charge in [-0.15, -0.1) is 0 Å². The molecule has 0 aromatic rings. The number of ether oxygens (including phenoxy) is 1. The zero-order valence-electron chi connectivity index (χ0n) is 12.6. The molecule has 2 heterocycles. The maximum absolute atomic E-state index is 12.3. The number of amides is 1. The molecule has 2 rings (SSSR count). The van der Waals surface area contributed by atoms with Gasteiger partial charge in [0.2, 0.25) is 5.91 Å². The molecule has 5 heteroatoms. The van der Waals surface area contributed by atoms with E-state index in [1.54, 1.807) is 0 Å². The van der Waals surface area contributed by atoms with Crippen LogP contribution in [-0.2, 0) is 14.3 Å². The maximum Gasteiger partial charge on any atom is 0.320 e. The molecule has 0 aromatic carbocycles. The second-order valence-electron chi connectivity index (χ2n) is 6.12. The van der Waals surface area contributed by atoms with Crippen LogP contribution in [0.1, 0.15) is 39.5 Å². The van der Waals surface area contributed by atoms with E-state index >= 15 is 0 Å². The zero-order valence-corrected chi connectivity index (χ0v) is 12.6. The molecule has 0 N–H and O–H groups in total. The molecule has 114 valence electrons. The van der Waals surface area contributed by atoms with Crippen LogP contribution in [0.25, 0.3) is 0 Å². The number of hydrogen-bond donors (Lipinski definition) is 0. The number of hydrogen-bond acceptors (Lipinski definition) is 4. The van der Waals surface area contributed by atoms with E-state index in [0.29, 0.717) is 12.5 Å². The Kier molecular flexibility index (Phi) is 5.40. The molecule has 5 nitrogen and oxygen atoms in total. The van der Waals surface area contributed by atoms with E-state index < -0.39 is 0 Å². The molecule has 2 aliphatic rings. The van der Waals surface area contributed by atoms with Gasteiger partial charge in [0.15, 0.2) is 0 Å². The van der Waals surface area contributed by atoms with Gasteiger partial charge < -0.3 is 9.64 Å². The van der Waals surface area contributed by atoms with Crippen LogP contribution in [0.5, 0.6) is 0 Å². The lowest BCUT2D eigenvalue weighted by molar-refractivity contribution is -0.149. The normalized spacial score (nSPS) is 21.4. The van der Waals surface area contributed by atoms with Crippen molar-refractivity contribution >= 4 is 11.9 Å². The van der Waals surface area contributed by atoms with E-state index in [-0.39, 0.29) is 18.0 Å². The van der Waals surface area contributed by atoms with Crippen LogP contribution in [-0.4, -0.2) is 60.5 Å². The minimum absolute atomic E-state index is 0.0585. The smallest absolute Gasteiger partial charge is 0.320 e. The average molecular weight is 282 g/mol. The number of nitrogens with zero attached hydrogens (tertiary/aromatic N) is 2. The summed E-state index contributed by atoms with van der Waals surface area (Å²) in [6.45, 7) is 7.56. The minimum atomic E-state index is -0.163. The summed E-state index contributed by atoms with van der Waals surface area (Å²) >= 11 is 0. The molecule has 20 heavy (non-hydrogen) atoms. The maximum atomic E-state index is 12.3. The van der Waals surface area contributed by atoms with Gasteiger partial charge in [0.25, 0.3) is 0 Å². The lowest BCUT2D eigenvalue weighted by Crippen LogP contribution is -2.43. The Morgan fingerprint density at radius 2 is 1.70 bits per heavy atom. The highest BCUT2D eigenvalue weighted by Crippen LogP contribution is 2.21. The van der Waals surface area contributed by atoms with Gasteiger partial charge in [0.1, 0.15) is 0 Å². The fraction of sp³-hybridized carbons (Fsp3) is 0.867. The van der Waals surface area contributed by atoms with Crippen LogP contribution in [0.2, 0.25) is 0 Å². The minimum Gasteiger partial charge on any atom is -0.462 e. The summed E-state index contributed by atoms with van der Waals surface area (Å²) in [7, 11) is 0. The van der Waals surface area contributed by atoms with Crippen molar-refractivity contribution in [3.63, 3.8) is 0 Å². The van der Waals surface area contributed by atoms with Gasteiger partial charge in [-0.1, -0.05) is 0 Å². The average Bonchev–Trinajstić information content (AvgIpc) is 2.91. The number of carbonyl (C=O) groups is 2. The Hall–Kier alpha value is -1.10. The number of esters is 1. The Morgan fingerprint density at radius 3 is 2.25 bits per heavy atom. The summed E-state index contributed by atoms with van der Waals surface area (Å²) in [6, 6.07) is 0. The summed E-state index contributed by atoms with van der Waals surface area (Å²) in [6.07, 6.45) is 3.96. The highest BCUT2D eigenvalue weighted by molar-refractivity contribution is 5.79. The second kappa shape index (κ2) is 7.07. The Balaban J connectivity index is 1.72. The van der Waals surface area contributed by atoms with E-state index in [2.05, 4.69) is 4.90 Å². The zero-order chi connectivity index (χ0) is 14.5. The number of rotatable bonds is 4. The van der Waals surface area contributed by atoms with E-state index in [4.69, 9.17) is 4.74 Å². The van der Waals surface area contributed by atoms with Crippen molar-refractivity contribution in [3.05, 3.63) is 0 Å². The lowest BCUT2D eigenvalue weighted by atomic mass is 9.95. The van der Waals surface area contributed by atoms with Crippen LogP contribution in [0, 0.1) is 5.92 Å². The molecule has 0 saturated carbocycles. The van der Waals surface area contributed by atoms with Crippen molar-refractivity contribution in [2.45, 2.75) is 45.6 Å². The number of carbonyl (C=O) groups excluding carboxylic acids is 2. The highest BCUT2D eigenvalue weighted by Gasteiger charge is 2.30. The van der Waals surface area contributed by atoms with Crippen molar-refractivity contribution in [2.24, 2.45) is 5.92 Å². The van der Waals surface area contributed by atoms with Crippen LogP contribution in [0.3, 0.4) is 0 Å². The molecule has 1 amide bonds. The van der Waals surface area contributed by atoms with Gasteiger partial charge in [-0.2, -0.15) is 0 Å². The summed E-state index contributed by atoms with van der Waals surface area (Å²) in [5, 5.41) is 0. The van der Waals surface area contributed by atoms with Crippen molar-refractivity contribution in [1.82, 2.24) is 9.80 Å². The third-order valence-electron chi connectivity index (χ3n) is 4.07. The first-order chi connectivity index (χ1) is 9.56. The van der Waals surface area contributed by atoms with Gasteiger partial charge in [-0.05, 0) is 52.6 Å². The van der Waals surface area contributed by atoms with Crippen LogP contribution in [0.15, 0.2) is 0 Å². The number of likely N-dealkylation sites (tertiary alicyclic amines) is 2. The largest absolute Gasteiger partial charge is 0.462 e. The molecule has 0 unspecified atom stereocenters. The molecule has 0 bridgehead atoms. The van der Waals surface area contributed by atoms with Crippen LogP contribution >= 0.6 is 0 Å². The Labute approximate surface area is 121 Å². The molecular formula is C15H26N2O3. The predicted molar refractivity (Wildman–Crippen MR) is 76.2 cm³/mol.